The SMILES string of the molecule is CCC(SC1=Nc2ccccc2C2=NC(CC(C)C)C(=O)N12)C(=O)Nc1ccc(C(C)C)cc1. The number of amidine groups is 2. The zero-order valence-electron chi connectivity index (χ0n) is 20.4. The molecule has 2 aromatic rings. The van der Waals surface area contributed by atoms with Gasteiger partial charge in [0, 0.05) is 11.3 Å². The van der Waals surface area contributed by atoms with E-state index in [9.17, 15) is 9.59 Å². The van der Waals surface area contributed by atoms with Crippen molar-refractivity contribution in [3.05, 3.63) is 59.7 Å². The Kier molecular flexibility index (Phi) is 7.22. The van der Waals surface area contributed by atoms with Crippen LogP contribution in [-0.4, -0.2) is 39.0 Å². The number of fused-ring (bicyclic) bond motifs is 3. The van der Waals surface area contributed by atoms with Crippen LogP contribution in [0, 0.1) is 5.92 Å². The Balaban J connectivity index is 1.57. The first-order valence-electron chi connectivity index (χ1n) is 12.0. The standard InChI is InChI=1S/C27H32N4O2S/c1-6-23(25(32)28-19-13-11-18(12-14-19)17(4)5)34-27-30-21-10-8-7-9-20(21)24-29-22(15-16(2)3)26(33)31(24)27/h7-14,16-17,22-23H,6,15H2,1-5H3,(H,28,32). The van der Waals surface area contributed by atoms with Crippen molar-refractivity contribution in [2.75, 3.05) is 5.32 Å². The minimum absolute atomic E-state index is 0.0658. The summed E-state index contributed by atoms with van der Waals surface area (Å²) < 4.78 is 0. The van der Waals surface area contributed by atoms with E-state index in [4.69, 9.17) is 9.98 Å². The second-order valence-electron chi connectivity index (χ2n) is 9.46. The number of carbonyl (C=O) groups excluding carboxylic acids is 2. The number of carbonyl (C=O) groups is 2. The molecule has 0 bridgehead atoms. The van der Waals surface area contributed by atoms with Gasteiger partial charge in [0.1, 0.15) is 11.9 Å². The molecule has 0 aromatic heterocycles. The topological polar surface area (TPSA) is 74.1 Å². The van der Waals surface area contributed by atoms with Crippen LogP contribution in [0.5, 0.6) is 0 Å². The molecule has 2 aliphatic heterocycles. The van der Waals surface area contributed by atoms with E-state index in [1.807, 2.05) is 55.5 Å². The molecular formula is C27H32N4O2S. The predicted octanol–water partition coefficient (Wildman–Crippen LogP) is 5.97. The number of para-hydroxylation sites is 1. The number of nitrogens with one attached hydrogen (secondary N) is 1. The van der Waals surface area contributed by atoms with Gasteiger partial charge < -0.3 is 5.32 Å². The predicted molar refractivity (Wildman–Crippen MR) is 141 cm³/mol. The summed E-state index contributed by atoms with van der Waals surface area (Å²) in [6, 6.07) is 15.3. The molecule has 0 fully saturated rings. The van der Waals surface area contributed by atoms with Crippen LogP contribution in [0.2, 0.25) is 0 Å². The lowest BCUT2D eigenvalue weighted by Gasteiger charge is -2.27. The summed E-state index contributed by atoms with van der Waals surface area (Å²) in [6.45, 7) is 10.4. The van der Waals surface area contributed by atoms with Gasteiger partial charge in [0.25, 0.3) is 5.91 Å². The Morgan fingerprint density at radius 2 is 1.79 bits per heavy atom. The summed E-state index contributed by atoms with van der Waals surface area (Å²) >= 11 is 1.33. The third-order valence-corrected chi connectivity index (χ3v) is 7.31. The van der Waals surface area contributed by atoms with Gasteiger partial charge in [-0.15, -0.1) is 0 Å². The molecule has 2 atom stereocenters. The smallest absolute Gasteiger partial charge is 0.259 e. The van der Waals surface area contributed by atoms with Crippen LogP contribution in [0.3, 0.4) is 0 Å². The van der Waals surface area contributed by atoms with E-state index in [1.54, 1.807) is 4.90 Å². The Hall–Kier alpha value is -2.93. The second kappa shape index (κ2) is 10.1. The number of rotatable bonds is 7. The van der Waals surface area contributed by atoms with E-state index in [0.29, 0.717) is 35.7 Å². The van der Waals surface area contributed by atoms with E-state index < -0.39 is 11.3 Å². The fourth-order valence-electron chi connectivity index (χ4n) is 4.10. The minimum Gasteiger partial charge on any atom is -0.325 e. The van der Waals surface area contributed by atoms with Crippen molar-refractivity contribution in [1.29, 1.82) is 0 Å². The number of anilines is 1. The van der Waals surface area contributed by atoms with Gasteiger partial charge in [0.2, 0.25) is 5.91 Å². The molecule has 34 heavy (non-hydrogen) atoms. The number of hydrogen-bond acceptors (Lipinski definition) is 5. The fraction of sp³-hybridized carbons (Fsp3) is 0.407. The summed E-state index contributed by atoms with van der Waals surface area (Å²) in [5, 5.41) is 3.15. The van der Waals surface area contributed by atoms with Gasteiger partial charge >= 0.3 is 0 Å². The molecule has 4 rings (SSSR count). The van der Waals surface area contributed by atoms with Gasteiger partial charge in [-0.2, -0.15) is 0 Å². The van der Waals surface area contributed by atoms with Crippen molar-refractivity contribution in [2.24, 2.45) is 15.9 Å². The van der Waals surface area contributed by atoms with E-state index in [0.717, 1.165) is 16.9 Å². The Labute approximate surface area is 205 Å². The first-order chi connectivity index (χ1) is 16.3. The van der Waals surface area contributed by atoms with Crippen molar-refractivity contribution in [3.8, 4) is 0 Å². The van der Waals surface area contributed by atoms with Gasteiger partial charge in [-0.05, 0) is 54.5 Å². The molecule has 6 nitrogen and oxygen atoms in total. The van der Waals surface area contributed by atoms with Crippen LogP contribution in [0.4, 0.5) is 11.4 Å². The zero-order valence-corrected chi connectivity index (χ0v) is 21.2. The summed E-state index contributed by atoms with van der Waals surface area (Å²) in [6.07, 6.45) is 1.29. The van der Waals surface area contributed by atoms with Crippen LogP contribution in [-0.2, 0) is 9.59 Å². The Morgan fingerprint density at radius 3 is 2.44 bits per heavy atom. The van der Waals surface area contributed by atoms with Crippen molar-refractivity contribution < 1.29 is 9.59 Å². The molecule has 0 saturated heterocycles. The maximum atomic E-state index is 13.3. The summed E-state index contributed by atoms with van der Waals surface area (Å²) in [7, 11) is 0. The van der Waals surface area contributed by atoms with E-state index >= 15 is 0 Å². The van der Waals surface area contributed by atoms with Gasteiger partial charge in [0.05, 0.1) is 10.9 Å². The highest BCUT2D eigenvalue weighted by atomic mass is 32.2. The third-order valence-electron chi connectivity index (χ3n) is 6.00. The number of benzene rings is 2. The van der Waals surface area contributed by atoms with Gasteiger partial charge in [-0.25, -0.2) is 9.89 Å². The molecule has 2 unspecified atom stereocenters. The fourth-order valence-corrected chi connectivity index (χ4v) is 5.12. The van der Waals surface area contributed by atoms with E-state index in [-0.39, 0.29) is 11.8 Å². The van der Waals surface area contributed by atoms with Crippen LogP contribution in [0.25, 0.3) is 0 Å². The molecule has 7 heteroatoms. The van der Waals surface area contributed by atoms with Crippen molar-refractivity contribution in [1.82, 2.24) is 4.90 Å². The molecule has 2 aliphatic rings. The van der Waals surface area contributed by atoms with Gasteiger partial charge in [-0.3, -0.25) is 14.6 Å². The maximum absolute atomic E-state index is 13.3. The zero-order chi connectivity index (χ0) is 24.4. The molecule has 178 valence electrons. The van der Waals surface area contributed by atoms with Gasteiger partial charge in [-0.1, -0.05) is 70.6 Å². The normalized spacial score (nSPS) is 17.9. The molecule has 0 saturated carbocycles. The molecule has 0 spiro atoms. The largest absolute Gasteiger partial charge is 0.325 e. The lowest BCUT2D eigenvalue weighted by molar-refractivity contribution is -0.125. The van der Waals surface area contributed by atoms with Gasteiger partial charge in [0.15, 0.2) is 5.17 Å². The summed E-state index contributed by atoms with van der Waals surface area (Å²) in [5.41, 5.74) is 3.62. The van der Waals surface area contributed by atoms with Crippen molar-refractivity contribution >= 4 is 46.0 Å². The lowest BCUT2D eigenvalue weighted by Crippen LogP contribution is -2.42. The molecular weight excluding hydrogens is 444 g/mol. The second-order valence-corrected chi connectivity index (χ2v) is 10.6. The highest BCUT2D eigenvalue weighted by Crippen LogP contribution is 2.36. The number of aliphatic imine (C=N–C) groups is 2. The molecule has 0 aliphatic carbocycles. The van der Waals surface area contributed by atoms with Crippen LogP contribution >= 0.6 is 11.8 Å². The number of nitrogens with zero attached hydrogens (tertiary/aromatic N) is 3. The Bertz CT molecular complexity index is 1140. The Morgan fingerprint density at radius 1 is 1.09 bits per heavy atom. The highest BCUT2D eigenvalue weighted by Gasteiger charge is 2.42. The lowest BCUT2D eigenvalue weighted by atomic mass is 10.0. The molecule has 0 radical (unpaired) electrons. The first-order valence-corrected chi connectivity index (χ1v) is 12.8. The molecule has 2 aromatic carbocycles. The third kappa shape index (κ3) is 4.94. The summed E-state index contributed by atoms with van der Waals surface area (Å²) in [5.74, 6) is 1.26. The molecule has 1 N–H and O–H groups in total. The van der Waals surface area contributed by atoms with E-state index in [2.05, 4.69) is 33.0 Å². The quantitative estimate of drug-likeness (QED) is 0.535. The highest BCUT2D eigenvalue weighted by molar-refractivity contribution is 8.15. The minimum atomic E-state index is -0.416. The van der Waals surface area contributed by atoms with Crippen molar-refractivity contribution in [2.45, 2.75) is 64.7 Å². The average molecular weight is 477 g/mol. The number of thioether (sulfide) groups is 1. The summed E-state index contributed by atoms with van der Waals surface area (Å²) in [4.78, 5) is 37.7. The number of amides is 2. The molecule has 2 heterocycles. The van der Waals surface area contributed by atoms with E-state index in [1.165, 1.54) is 17.3 Å². The number of hydrogen-bond donors (Lipinski definition) is 1. The van der Waals surface area contributed by atoms with Crippen molar-refractivity contribution in [3.63, 3.8) is 0 Å². The maximum Gasteiger partial charge on any atom is 0.259 e. The monoisotopic (exact) mass is 476 g/mol. The first kappa shape index (κ1) is 24.2. The molecule has 2 amide bonds. The van der Waals surface area contributed by atoms with Crippen LogP contribution in [0.15, 0.2) is 58.5 Å². The van der Waals surface area contributed by atoms with Crippen LogP contribution < -0.4 is 5.32 Å². The van der Waals surface area contributed by atoms with Crippen LogP contribution in [0.1, 0.15) is 64.5 Å². The average Bonchev–Trinajstić information content (AvgIpc) is 3.13.